The highest BCUT2D eigenvalue weighted by atomic mass is 16.5. The van der Waals surface area contributed by atoms with Crippen LogP contribution in [0.15, 0.2) is 71.1 Å². The molecular formula is C25H28N4O5. The Morgan fingerprint density at radius 3 is 2.68 bits per heavy atom. The van der Waals surface area contributed by atoms with E-state index in [1.54, 1.807) is 13.2 Å². The van der Waals surface area contributed by atoms with Gasteiger partial charge in [-0.1, -0.05) is 24.3 Å². The SMILES string of the molecule is COc1cccc(N2CCC(CNC(=O)NNC(=O)c3ccc(COc4ccccc4)o3)C2)c1. The Kier molecular flexibility index (Phi) is 7.54. The lowest BCUT2D eigenvalue weighted by Crippen LogP contribution is -2.48. The number of rotatable bonds is 8. The standard InChI is InChI=1S/C25H28N4O5/c1-32-21-9-5-6-19(14-21)29-13-12-18(16-29)15-26-25(31)28-27-24(30)23-11-10-22(34-23)17-33-20-7-3-2-4-8-20/h2-11,14,18H,12-13,15-17H2,1H3,(H,27,30)(H2,26,28,31). The summed E-state index contributed by atoms with van der Waals surface area (Å²) in [6.45, 7) is 2.44. The molecule has 34 heavy (non-hydrogen) atoms. The lowest BCUT2D eigenvalue weighted by molar-refractivity contribution is 0.0904. The van der Waals surface area contributed by atoms with Gasteiger partial charge in [0.15, 0.2) is 5.76 Å². The first kappa shape index (κ1) is 23.0. The van der Waals surface area contributed by atoms with Crippen LogP contribution in [-0.2, 0) is 6.61 Å². The smallest absolute Gasteiger partial charge is 0.333 e. The molecule has 178 valence electrons. The molecule has 9 heteroatoms. The number of furan rings is 1. The number of benzene rings is 2. The molecule has 2 heterocycles. The first-order valence-corrected chi connectivity index (χ1v) is 11.1. The van der Waals surface area contributed by atoms with Gasteiger partial charge in [0.05, 0.1) is 7.11 Å². The summed E-state index contributed by atoms with van der Waals surface area (Å²) in [5, 5.41) is 2.80. The summed E-state index contributed by atoms with van der Waals surface area (Å²) in [5.74, 6) is 1.87. The van der Waals surface area contributed by atoms with Gasteiger partial charge >= 0.3 is 11.9 Å². The average Bonchev–Trinajstić information content (AvgIpc) is 3.55. The van der Waals surface area contributed by atoms with Crippen LogP contribution >= 0.6 is 0 Å². The summed E-state index contributed by atoms with van der Waals surface area (Å²) in [4.78, 5) is 26.6. The minimum absolute atomic E-state index is 0.0803. The fourth-order valence-corrected chi connectivity index (χ4v) is 3.75. The zero-order valence-electron chi connectivity index (χ0n) is 19.0. The van der Waals surface area contributed by atoms with E-state index in [0.29, 0.717) is 24.0 Å². The number of ether oxygens (including phenoxy) is 2. The van der Waals surface area contributed by atoms with E-state index in [9.17, 15) is 9.59 Å². The van der Waals surface area contributed by atoms with E-state index in [1.807, 2.05) is 48.5 Å². The molecule has 1 aliphatic rings. The molecule has 1 saturated heterocycles. The Morgan fingerprint density at radius 2 is 1.85 bits per heavy atom. The molecule has 3 aromatic rings. The van der Waals surface area contributed by atoms with Gasteiger partial charge in [-0.25, -0.2) is 10.2 Å². The maximum absolute atomic E-state index is 12.2. The molecule has 0 radical (unpaired) electrons. The van der Waals surface area contributed by atoms with Gasteiger partial charge in [0.25, 0.3) is 0 Å². The van der Waals surface area contributed by atoms with Crippen LogP contribution in [0.5, 0.6) is 11.5 Å². The molecule has 9 nitrogen and oxygen atoms in total. The number of hydrogen-bond donors (Lipinski definition) is 3. The average molecular weight is 465 g/mol. The zero-order valence-corrected chi connectivity index (χ0v) is 19.0. The summed E-state index contributed by atoms with van der Waals surface area (Å²) in [5.41, 5.74) is 5.81. The van der Waals surface area contributed by atoms with E-state index in [4.69, 9.17) is 13.9 Å². The first-order valence-electron chi connectivity index (χ1n) is 11.1. The van der Waals surface area contributed by atoms with Crippen LogP contribution < -0.4 is 30.5 Å². The second-order valence-electron chi connectivity index (χ2n) is 7.96. The van der Waals surface area contributed by atoms with E-state index in [0.717, 1.165) is 30.9 Å². The van der Waals surface area contributed by atoms with Gasteiger partial charge in [0.2, 0.25) is 0 Å². The van der Waals surface area contributed by atoms with Gasteiger partial charge in [-0.05, 0) is 48.7 Å². The highest BCUT2D eigenvalue weighted by Crippen LogP contribution is 2.26. The van der Waals surface area contributed by atoms with Crippen LogP contribution in [0.3, 0.4) is 0 Å². The summed E-state index contributed by atoms with van der Waals surface area (Å²) < 4.78 is 16.4. The topological polar surface area (TPSA) is 105 Å². The van der Waals surface area contributed by atoms with Gasteiger partial charge < -0.3 is 24.1 Å². The molecule has 1 unspecified atom stereocenters. The Labute approximate surface area is 198 Å². The first-order chi connectivity index (χ1) is 16.6. The van der Waals surface area contributed by atoms with Crippen molar-refractivity contribution in [1.29, 1.82) is 0 Å². The second-order valence-corrected chi connectivity index (χ2v) is 7.96. The summed E-state index contributed by atoms with van der Waals surface area (Å²) in [6.07, 6.45) is 0.962. The van der Waals surface area contributed by atoms with Crippen LogP contribution in [0.2, 0.25) is 0 Å². The predicted octanol–water partition coefficient (Wildman–Crippen LogP) is 3.34. The maximum atomic E-state index is 12.2. The van der Waals surface area contributed by atoms with Crippen LogP contribution in [-0.4, -0.2) is 38.7 Å². The molecule has 1 aromatic heterocycles. The van der Waals surface area contributed by atoms with Crippen molar-refractivity contribution in [3.05, 3.63) is 78.3 Å². The molecule has 1 fully saturated rings. The van der Waals surface area contributed by atoms with Crippen LogP contribution in [0, 0.1) is 5.92 Å². The lowest BCUT2D eigenvalue weighted by Gasteiger charge is -2.19. The number of methoxy groups -OCH3 is 1. The number of anilines is 1. The summed E-state index contributed by atoms with van der Waals surface area (Å²) in [7, 11) is 1.65. The van der Waals surface area contributed by atoms with Gasteiger partial charge in [0, 0.05) is 31.4 Å². The van der Waals surface area contributed by atoms with E-state index >= 15 is 0 Å². The quantitative estimate of drug-likeness (QED) is 0.442. The number of hydrazine groups is 1. The fraction of sp³-hybridized carbons (Fsp3) is 0.280. The van der Waals surface area contributed by atoms with Gasteiger partial charge in [-0.2, -0.15) is 0 Å². The molecule has 3 amide bonds. The summed E-state index contributed by atoms with van der Waals surface area (Å²) in [6, 6.07) is 20.0. The molecule has 0 spiro atoms. The molecule has 4 rings (SSSR count). The van der Waals surface area contributed by atoms with Crippen molar-refractivity contribution in [3.8, 4) is 11.5 Å². The van der Waals surface area contributed by atoms with Crippen molar-refractivity contribution in [3.63, 3.8) is 0 Å². The van der Waals surface area contributed by atoms with E-state index < -0.39 is 11.9 Å². The highest BCUT2D eigenvalue weighted by molar-refractivity contribution is 5.92. The van der Waals surface area contributed by atoms with Crippen LogP contribution in [0.1, 0.15) is 22.7 Å². The monoisotopic (exact) mass is 464 g/mol. The van der Waals surface area contributed by atoms with Crippen molar-refractivity contribution >= 4 is 17.6 Å². The van der Waals surface area contributed by atoms with Crippen molar-refractivity contribution in [2.45, 2.75) is 13.0 Å². The Morgan fingerprint density at radius 1 is 1.03 bits per heavy atom. The van der Waals surface area contributed by atoms with Gasteiger partial charge in [0.1, 0.15) is 23.9 Å². The number of carbonyl (C=O) groups is 2. The second kappa shape index (κ2) is 11.1. The zero-order chi connectivity index (χ0) is 23.8. The van der Waals surface area contributed by atoms with Crippen molar-refractivity contribution in [2.75, 3.05) is 31.6 Å². The number of hydrogen-bond acceptors (Lipinski definition) is 6. The number of carbonyl (C=O) groups excluding carboxylic acids is 2. The molecule has 0 bridgehead atoms. The molecule has 1 atom stereocenters. The number of amides is 3. The fourth-order valence-electron chi connectivity index (χ4n) is 3.75. The van der Waals surface area contributed by atoms with Crippen molar-refractivity contribution in [1.82, 2.24) is 16.2 Å². The lowest BCUT2D eigenvalue weighted by atomic mass is 10.1. The van der Waals surface area contributed by atoms with E-state index in [1.165, 1.54) is 6.07 Å². The van der Waals surface area contributed by atoms with Crippen molar-refractivity contribution in [2.24, 2.45) is 5.92 Å². The minimum atomic E-state index is -0.550. The number of para-hydroxylation sites is 1. The van der Waals surface area contributed by atoms with Crippen LogP contribution in [0.4, 0.5) is 10.5 Å². The summed E-state index contributed by atoms with van der Waals surface area (Å²) >= 11 is 0. The highest BCUT2D eigenvalue weighted by Gasteiger charge is 2.23. The van der Waals surface area contributed by atoms with Crippen molar-refractivity contribution < 1.29 is 23.5 Å². The third kappa shape index (κ3) is 6.22. The predicted molar refractivity (Wildman–Crippen MR) is 127 cm³/mol. The Hall–Kier alpha value is -4.14. The third-order valence-corrected chi connectivity index (χ3v) is 5.55. The number of nitrogens with zero attached hydrogens (tertiary/aromatic N) is 1. The molecule has 1 aliphatic heterocycles. The molecule has 3 N–H and O–H groups in total. The molecule has 2 aromatic carbocycles. The number of urea groups is 1. The Bertz CT molecular complexity index is 1100. The van der Waals surface area contributed by atoms with Gasteiger partial charge in [-0.15, -0.1) is 0 Å². The maximum Gasteiger partial charge on any atom is 0.333 e. The third-order valence-electron chi connectivity index (χ3n) is 5.55. The number of nitrogens with one attached hydrogen (secondary N) is 3. The minimum Gasteiger partial charge on any atom is -0.497 e. The Balaban J connectivity index is 1.16. The molecule has 0 aliphatic carbocycles. The molecular weight excluding hydrogens is 436 g/mol. The van der Waals surface area contributed by atoms with Crippen LogP contribution in [0.25, 0.3) is 0 Å². The van der Waals surface area contributed by atoms with Gasteiger partial charge in [-0.3, -0.25) is 10.2 Å². The van der Waals surface area contributed by atoms with E-state index in [2.05, 4.69) is 27.1 Å². The largest absolute Gasteiger partial charge is 0.497 e. The molecule has 0 saturated carbocycles. The normalized spacial score (nSPS) is 15.0. The van der Waals surface area contributed by atoms with E-state index in [-0.39, 0.29) is 12.4 Å².